The minimum Gasteiger partial charge on any atom is -0.229 e. The molecule has 0 radical (unpaired) electrons. The lowest BCUT2D eigenvalue weighted by Crippen LogP contribution is -2.28. The van der Waals surface area contributed by atoms with Gasteiger partial charge in [0.2, 0.25) is 0 Å². The van der Waals surface area contributed by atoms with E-state index in [-0.39, 0.29) is 0 Å². The van der Waals surface area contributed by atoms with E-state index in [1.807, 2.05) is 0 Å². The van der Waals surface area contributed by atoms with Crippen molar-refractivity contribution in [2.45, 2.75) is 19.9 Å². The fourth-order valence-electron chi connectivity index (χ4n) is 2.70. The van der Waals surface area contributed by atoms with Crippen molar-refractivity contribution in [1.82, 2.24) is 0 Å². The summed E-state index contributed by atoms with van der Waals surface area (Å²) in [6.07, 6.45) is 1.13. The Kier molecular flexibility index (Phi) is 3.52. The Morgan fingerprint density at radius 2 is 1.89 bits per heavy atom. The molecule has 1 heterocycles. The molecule has 1 aliphatic heterocycles. The molecule has 0 saturated heterocycles. The first-order valence-electron chi connectivity index (χ1n) is 6.65. The zero-order valence-corrected chi connectivity index (χ0v) is 12.7. The Balaban J connectivity index is 1.96. The molecule has 0 spiro atoms. The third kappa shape index (κ3) is 2.64. The second-order valence-corrected chi connectivity index (χ2v) is 5.96. The molecule has 19 heavy (non-hydrogen) atoms. The summed E-state index contributed by atoms with van der Waals surface area (Å²) < 4.78 is 3.64. The average molecular weight is 315 g/mol. The number of benzene rings is 2. The topological polar surface area (TPSA) is 3.01 Å². The Bertz CT molecular complexity index is 629. The number of fused-ring (bicyclic) bond motifs is 1. The average Bonchev–Trinajstić information content (AvgIpc) is 2.44. The number of hydrogen-bond acceptors (Lipinski definition) is 0. The largest absolute Gasteiger partial charge is 0.229 e. The van der Waals surface area contributed by atoms with Gasteiger partial charge in [-0.15, -0.1) is 0 Å². The molecule has 0 N–H and O–H groups in total. The third-order valence-corrected chi connectivity index (χ3v) is 4.30. The fraction of sp³-hybridized carbons (Fsp3) is 0.235. The maximum atomic E-state index is 3.57. The number of nitrogens with zero attached hydrogens (tertiary/aromatic N) is 1. The van der Waals surface area contributed by atoms with Gasteiger partial charge >= 0.3 is 0 Å². The van der Waals surface area contributed by atoms with Crippen molar-refractivity contribution < 1.29 is 4.58 Å². The van der Waals surface area contributed by atoms with E-state index in [0.29, 0.717) is 0 Å². The SMILES string of the molecule is CC1=[N+](Cc2ccccc2)CCc2ccc(Br)cc21. The lowest BCUT2D eigenvalue weighted by atomic mass is 9.97. The first-order chi connectivity index (χ1) is 9.24. The van der Waals surface area contributed by atoms with Crippen LogP contribution >= 0.6 is 15.9 Å². The molecule has 2 aromatic carbocycles. The lowest BCUT2D eigenvalue weighted by molar-refractivity contribution is -0.545. The maximum absolute atomic E-state index is 3.57. The van der Waals surface area contributed by atoms with Crippen LogP contribution in [0.25, 0.3) is 0 Å². The smallest absolute Gasteiger partial charge is 0.180 e. The summed E-state index contributed by atoms with van der Waals surface area (Å²) in [5.41, 5.74) is 5.60. The van der Waals surface area contributed by atoms with Gasteiger partial charge in [0.05, 0.1) is 0 Å². The molecule has 1 aliphatic rings. The summed E-state index contributed by atoms with van der Waals surface area (Å²) >= 11 is 3.57. The molecule has 0 atom stereocenters. The van der Waals surface area contributed by atoms with Gasteiger partial charge in [0.1, 0.15) is 6.54 Å². The van der Waals surface area contributed by atoms with E-state index >= 15 is 0 Å². The lowest BCUT2D eigenvalue weighted by Gasteiger charge is -2.17. The van der Waals surface area contributed by atoms with E-state index in [4.69, 9.17) is 0 Å². The van der Waals surface area contributed by atoms with Crippen molar-refractivity contribution in [3.8, 4) is 0 Å². The van der Waals surface area contributed by atoms with Gasteiger partial charge in [-0.05, 0) is 17.7 Å². The molecular weight excluding hydrogens is 298 g/mol. The van der Waals surface area contributed by atoms with Crippen LogP contribution in [0.2, 0.25) is 0 Å². The van der Waals surface area contributed by atoms with E-state index < -0.39 is 0 Å². The highest BCUT2D eigenvalue weighted by Gasteiger charge is 2.22. The standard InChI is InChI=1S/C17H17BrN/c1-13-17-11-16(18)8-7-15(17)9-10-19(13)12-14-5-3-2-4-6-14/h2-8,11H,9-10,12H2,1H3/q+1. The molecule has 0 amide bonds. The van der Waals surface area contributed by atoms with Crippen LogP contribution in [0.15, 0.2) is 53.0 Å². The minimum atomic E-state index is 0.999. The molecule has 2 aromatic rings. The van der Waals surface area contributed by atoms with E-state index in [9.17, 15) is 0 Å². The highest BCUT2D eigenvalue weighted by Crippen LogP contribution is 2.21. The molecule has 3 rings (SSSR count). The van der Waals surface area contributed by atoms with Crippen LogP contribution in [0.3, 0.4) is 0 Å². The van der Waals surface area contributed by atoms with Crippen LogP contribution in [-0.4, -0.2) is 16.8 Å². The van der Waals surface area contributed by atoms with Crippen LogP contribution in [-0.2, 0) is 13.0 Å². The molecule has 0 aromatic heterocycles. The van der Waals surface area contributed by atoms with E-state index in [2.05, 4.69) is 76.0 Å². The highest BCUT2D eigenvalue weighted by molar-refractivity contribution is 9.10. The maximum Gasteiger partial charge on any atom is 0.180 e. The Hall–Kier alpha value is -1.41. The predicted octanol–water partition coefficient (Wildman–Crippen LogP) is 4.03. The van der Waals surface area contributed by atoms with Crippen LogP contribution in [0.5, 0.6) is 0 Å². The summed E-state index contributed by atoms with van der Waals surface area (Å²) in [5.74, 6) is 0. The first-order valence-corrected chi connectivity index (χ1v) is 7.44. The van der Waals surface area contributed by atoms with Crippen molar-refractivity contribution in [2.24, 2.45) is 0 Å². The van der Waals surface area contributed by atoms with E-state index in [1.165, 1.54) is 22.4 Å². The van der Waals surface area contributed by atoms with Crippen molar-refractivity contribution in [1.29, 1.82) is 0 Å². The zero-order valence-electron chi connectivity index (χ0n) is 11.1. The van der Waals surface area contributed by atoms with Crippen LogP contribution in [0, 0.1) is 0 Å². The second kappa shape index (κ2) is 5.30. The van der Waals surface area contributed by atoms with Gasteiger partial charge in [-0.25, -0.2) is 4.58 Å². The predicted molar refractivity (Wildman–Crippen MR) is 82.9 cm³/mol. The summed E-state index contributed by atoms with van der Waals surface area (Å²) in [5, 5.41) is 0. The number of rotatable bonds is 2. The monoisotopic (exact) mass is 314 g/mol. The van der Waals surface area contributed by atoms with Crippen LogP contribution in [0.4, 0.5) is 0 Å². The van der Waals surface area contributed by atoms with E-state index in [1.54, 1.807) is 0 Å². The molecule has 1 nitrogen and oxygen atoms in total. The molecule has 0 aliphatic carbocycles. The van der Waals surface area contributed by atoms with Crippen molar-refractivity contribution >= 4 is 21.6 Å². The normalized spacial score (nSPS) is 14.4. The Morgan fingerprint density at radius 1 is 1.11 bits per heavy atom. The Morgan fingerprint density at radius 3 is 2.68 bits per heavy atom. The molecule has 0 fully saturated rings. The van der Waals surface area contributed by atoms with Gasteiger partial charge in [-0.3, -0.25) is 0 Å². The number of halogens is 1. The minimum absolute atomic E-state index is 0.999. The van der Waals surface area contributed by atoms with Crippen LogP contribution < -0.4 is 0 Å². The molecular formula is C17H17BrN+. The van der Waals surface area contributed by atoms with Gasteiger partial charge in [-0.2, -0.15) is 0 Å². The Labute approximate surface area is 122 Å². The number of hydrogen-bond donors (Lipinski definition) is 0. The molecule has 2 heteroatoms. The fourth-order valence-corrected chi connectivity index (χ4v) is 3.06. The summed E-state index contributed by atoms with van der Waals surface area (Å²) in [4.78, 5) is 0. The molecule has 0 bridgehead atoms. The van der Waals surface area contributed by atoms with Crippen molar-refractivity contribution in [3.05, 3.63) is 69.7 Å². The van der Waals surface area contributed by atoms with Crippen LogP contribution in [0.1, 0.15) is 23.6 Å². The first kappa shape index (κ1) is 12.6. The molecule has 96 valence electrons. The van der Waals surface area contributed by atoms with Gasteiger partial charge in [0.25, 0.3) is 0 Å². The summed E-state index contributed by atoms with van der Waals surface area (Å²) in [6, 6.07) is 17.3. The summed E-state index contributed by atoms with van der Waals surface area (Å²) in [6.45, 7) is 4.33. The van der Waals surface area contributed by atoms with Crippen molar-refractivity contribution in [2.75, 3.05) is 6.54 Å². The zero-order chi connectivity index (χ0) is 13.2. The van der Waals surface area contributed by atoms with Gasteiger partial charge < -0.3 is 0 Å². The van der Waals surface area contributed by atoms with Gasteiger partial charge in [-0.1, -0.05) is 52.3 Å². The molecule has 0 saturated carbocycles. The third-order valence-electron chi connectivity index (χ3n) is 3.80. The quantitative estimate of drug-likeness (QED) is 0.736. The highest BCUT2D eigenvalue weighted by atomic mass is 79.9. The van der Waals surface area contributed by atoms with Crippen molar-refractivity contribution in [3.63, 3.8) is 0 Å². The van der Waals surface area contributed by atoms with Gasteiger partial charge in [0, 0.05) is 28.9 Å². The van der Waals surface area contributed by atoms with Gasteiger partial charge in [0.15, 0.2) is 12.3 Å². The summed E-state index contributed by atoms with van der Waals surface area (Å²) in [7, 11) is 0. The molecule has 0 unspecified atom stereocenters. The van der Waals surface area contributed by atoms with E-state index in [0.717, 1.165) is 24.0 Å². The second-order valence-electron chi connectivity index (χ2n) is 5.04.